The van der Waals surface area contributed by atoms with Crippen molar-refractivity contribution in [2.24, 2.45) is 11.8 Å². The van der Waals surface area contributed by atoms with E-state index in [0.29, 0.717) is 45.4 Å². The minimum absolute atomic E-state index is 0.418. The molecule has 2 atom stereocenters. The number of anilines is 5. The average Bonchev–Trinajstić information content (AvgIpc) is 3.53. The Bertz CT molecular complexity index is 1470. The molecule has 0 saturated carbocycles. The van der Waals surface area contributed by atoms with Crippen LogP contribution in [-0.4, -0.2) is 57.6 Å². The van der Waals surface area contributed by atoms with Gasteiger partial charge in [-0.05, 0) is 49.6 Å². The molecule has 2 saturated heterocycles. The number of hydrogen-bond donors (Lipinski definition) is 3. The summed E-state index contributed by atoms with van der Waals surface area (Å²) in [5.41, 5.74) is 3.46. The molecule has 186 valence electrons. The van der Waals surface area contributed by atoms with Crippen molar-refractivity contribution < 1.29 is 4.42 Å². The molecule has 2 aliphatic rings. The zero-order valence-electron chi connectivity index (χ0n) is 20.1. The van der Waals surface area contributed by atoms with Crippen molar-refractivity contribution in [1.82, 2.24) is 24.8 Å². The molecule has 0 amide bonds. The van der Waals surface area contributed by atoms with Gasteiger partial charge in [0.15, 0.2) is 5.58 Å². The standard InChI is InChI=1S/C25H27ClN8O2/c1-3-33-10-15-12-34(13-16(15)11-33)23-19(26)6-18(9-27-23)30-24-28-8-14(2)22(32-24)29-17-4-5-21-20(7-17)31-25(35)36-21/h4-9,15-16H,3,10-13H2,1-2H3,(H,31,35)(H2,28,29,30,32). The second kappa shape index (κ2) is 9.11. The Balaban J connectivity index is 1.16. The first-order valence-electron chi connectivity index (χ1n) is 12.1. The highest BCUT2D eigenvalue weighted by atomic mass is 35.5. The smallest absolute Gasteiger partial charge is 0.408 e. The molecule has 0 radical (unpaired) electrons. The molecular formula is C25H27ClN8O2. The number of halogens is 1. The van der Waals surface area contributed by atoms with Gasteiger partial charge in [-0.1, -0.05) is 18.5 Å². The lowest BCUT2D eigenvalue weighted by Crippen LogP contribution is -2.29. The van der Waals surface area contributed by atoms with Crippen LogP contribution in [0.15, 0.2) is 45.9 Å². The molecule has 3 aromatic heterocycles. The van der Waals surface area contributed by atoms with Crippen molar-refractivity contribution in [2.45, 2.75) is 13.8 Å². The molecule has 5 heterocycles. The maximum absolute atomic E-state index is 11.4. The SMILES string of the molecule is CCN1CC2CN(c3ncc(Nc4ncc(C)c(Nc5ccc6oc(=O)[nH]c6c5)n4)cc3Cl)CC2C1. The highest BCUT2D eigenvalue weighted by molar-refractivity contribution is 6.33. The maximum atomic E-state index is 11.4. The fraction of sp³-hybridized carbons (Fsp3) is 0.360. The number of nitrogens with one attached hydrogen (secondary N) is 3. The zero-order chi connectivity index (χ0) is 24.8. The molecule has 2 unspecified atom stereocenters. The Morgan fingerprint density at radius 1 is 1.08 bits per heavy atom. The Labute approximate surface area is 212 Å². The first-order valence-corrected chi connectivity index (χ1v) is 12.5. The number of oxazole rings is 1. The van der Waals surface area contributed by atoms with Crippen LogP contribution >= 0.6 is 11.6 Å². The number of benzene rings is 1. The third-order valence-corrected chi connectivity index (χ3v) is 7.32. The number of aromatic amines is 1. The van der Waals surface area contributed by atoms with Gasteiger partial charge in [0.25, 0.3) is 0 Å². The Morgan fingerprint density at radius 2 is 1.89 bits per heavy atom. The second-order valence-electron chi connectivity index (χ2n) is 9.51. The van der Waals surface area contributed by atoms with Gasteiger partial charge in [-0.25, -0.2) is 14.8 Å². The minimum Gasteiger partial charge on any atom is -0.408 e. The van der Waals surface area contributed by atoms with Crippen molar-refractivity contribution in [1.29, 1.82) is 0 Å². The van der Waals surface area contributed by atoms with Crippen LogP contribution in [0.3, 0.4) is 0 Å². The summed E-state index contributed by atoms with van der Waals surface area (Å²) in [5, 5.41) is 7.09. The second-order valence-corrected chi connectivity index (χ2v) is 9.91. The van der Waals surface area contributed by atoms with E-state index in [-0.39, 0.29) is 0 Å². The summed E-state index contributed by atoms with van der Waals surface area (Å²) in [6.07, 6.45) is 3.51. The van der Waals surface area contributed by atoms with Gasteiger partial charge in [-0.15, -0.1) is 0 Å². The topological polar surface area (TPSA) is 115 Å². The van der Waals surface area contributed by atoms with Crippen LogP contribution in [0.25, 0.3) is 11.1 Å². The molecule has 0 aliphatic carbocycles. The molecular weight excluding hydrogens is 480 g/mol. The third kappa shape index (κ3) is 4.38. The fourth-order valence-electron chi connectivity index (χ4n) is 5.18. The third-order valence-electron chi connectivity index (χ3n) is 7.04. The zero-order valence-corrected chi connectivity index (χ0v) is 20.8. The number of hydrogen-bond acceptors (Lipinski definition) is 9. The Hall–Kier alpha value is -3.63. The van der Waals surface area contributed by atoms with E-state index in [1.54, 1.807) is 24.5 Å². The van der Waals surface area contributed by atoms with Crippen LogP contribution in [0.1, 0.15) is 12.5 Å². The van der Waals surface area contributed by atoms with Crippen LogP contribution in [0, 0.1) is 18.8 Å². The van der Waals surface area contributed by atoms with Crippen molar-refractivity contribution in [3.8, 4) is 0 Å². The summed E-state index contributed by atoms with van der Waals surface area (Å²) in [6, 6.07) is 7.22. The van der Waals surface area contributed by atoms with Crippen LogP contribution in [0.2, 0.25) is 5.02 Å². The van der Waals surface area contributed by atoms with Gasteiger partial charge in [0, 0.05) is 43.6 Å². The highest BCUT2D eigenvalue weighted by Gasteiger charge is 2.40. The van der Waals surface area contributed by atoms with Gasteiger partial charge >= 0.3 is 5.76 Å². The lowest BCUT2D eigenvalue weighted by Gasteiger charge is -2.22. The van der Waals surface area contributed by atoms with E-state index in [2.05, 4.69) is 47.3 Å². The number of fused-ring (bicyclic) bond motifs is 2. The first kappa shape index (κ1) is 22.8. The molecule has 4 aromatic rings. The molecule has 1 aromatic carbocycles. The summed E-state index contributed by atoms with van der Waals surface area (Å²) < 4.78 is 5.06. The highest BCUT2D eigenvalue weighted by Crippen LogP contribution is 2.36. The van der Waals surface area contributed by atoms with Crippen molar-refractivity contribution in [3.05, 3.63) is 57.8 Å². The summed E-state index contributed by atoms with van der Waals surface area (Å²) >= 11 is 6.66. The molecule has 11 heteroatoms. The maximum Gasteiger partial charge on any atom is 0.417 e. The van der Waals surface area contributed by atoms with Crippen LogP contribution in [-0.2, 0) is 0 Å². The van der Waals surface area contributed by atoms with E-state index >= 15 is 0 Å². The largest absolute Gasteiger partial charge is 0.417 e. The summed E-state index contributed by atoms with van der Waals surface area (Å²) in [4.78, 5) is 32.6. The van der Waals surface area contributed by atoms with Gasteiger partial charge in [-0.2, -0.15) is 4.98 Å². The molecule has 2 aliphatic heterocycles. The average molecular weight is 507 g/mol. The monoisotopic (exact) mass is 506 g/mol. The van der Waals surface area contributed by atoms with Crippen LogP contribution < -0.4 is 21.3 Å². The van der Waals surface area contributed by atoms with E-state index in [1.807, 2.05) is 19.1 Å². The predicted molar refractivity (Wildman–Crippen MR) is 141 cm³/mol. The normalized spacial score (nSPS) is 19.7. The molecule has 6 rings (SSSR count). The number of nitrogens with zero attached hydrogens (tertiary/aromatic N) is 5. The predicted octanol–water partition coefficient (Wildman–Crippen LogP) is 4.14. The lowest BCUT2D eigenvalue weighted by atomic mass is 10.0. The van der Waals surface area contributed by atoms with E-state index < -0.39 is 5.76 Å². The minimum atomic E-state index is -0.485. The quantitative estimate of drug-likeness (QED) is 0.354. The number of likely N-dealkylation sites (tertiary alicyclic amines) is 1. The number of pyridine rings is 1. The fourth-order valence-corrected chi connectivity index (χ4v) is 5.46. The van der Waals surface area contributed by atoms with Gasteiger partial charge in [-0.3, -0.25) is 4.98 Å². The molecule has 0 spiro atoms. The Morgan fingerprint density at radius 3 is 2.64 bits per heavy atom. The molecule has 2 fully saturated rings. The van der Waals surface area contributed by atoms with E-state index in [1.165, 1.54) is 0 Å². The van der Waals surface area contributed by atoms with Gasteiger partial charge in [0.05, 0.1) is 22.4 Å². The van der Waals surface area contributed by atoms with Crippen molar-refractivity contribution in [2.75, 3.05) is 48.3 Å². The number of aromatic nitrogens is 4. The summed E-state index contributed by atoms with van der Waals surface area (Å²) in [6.45, 7) is 9.56. The molecule has 0 bridgehead atoms. The van der Waals surface area contributed by atoms with Crippen molar-refractivity contribution in [3.63, 3.8) is 0 Å². The van der Waals surface area contributed by atoms with E-state index in [9.17, 15) is 4.79 Å². The molecule has 10 nitrogen and oxygen atoms in total. The van der Waals surface area contributed by atoms with Crippen LogP contribution in [0.4, 0.5) is 29.0 Å². The lowest BCUT2D eigenvalue weighted by molar-refractivity contribution is 0.334. The van der Waals surface area contributed by atoms with Crippen LogP contribution in [0.5, 0.6) is 0 Å². The van der Waals surface area contributed by atoms with Crippen molar-refractivity contribution >= 4 is 51.7 Å². The van der Waals surface area contributed by atoms with Gasteiger partial charge in [0.1, 0.15) is 11.6 Å². The number of rotatable bonds is 6. The number of aryl methyl sites for hydroxylation is 1. The number of H-pyrrole nitrogens is 1. The first-order chi connectivity index (χ1) is 17.4. The van der Waals surface area contributed by atoms with E-state index in [0.717, 1.165) is 49.8 Å². The van der Waals surface area contributed by atoms with Gasteiger partial charge < -0.3 is 24.9 Å². The van der Waals surface area contributed by atoms with E-state index in [4.69, 9.17) is 16.0 Å². The molecule has 3 N–H and O–H groups in total. The summed E-state index contributed by atoms with van der Waals surface area (Å²) in [5.74, 6) is 2.77. The van der Waals surface area contributed by atoms with Gasteiger partial charge in [0.2, 0.25) is 5.95 Å². The Kier molecular flexibility index (Phi) is 5.77. The molecule has 36 heavy (non-hydrogen) atoms. The summed E-state index contributed by atoms with van der Waals surface area (Å²) in [7, 11) is 0.